The highest BCUT2D eigenvalue weighted by molar-refractivity contribution is 14.0. The molecule has 30 heavy (non-hydrogen) atoms. The second kappa shape index (κ2) is 14.6. The monoisotopic (exact) mass is 553 g/mol. The van der Waals surface area contributed by atoms with Gasteiger partial charge in [-0.2, -0.15) is 0 Å². The van der Waals surface area contributed by atoms with Gasteiger partial charge < -0.3 is 20.9 Å². The molecule has 1 rings (SSSR count). The van der Waals surface area contributed by atoms with Gasteiger partial charge in [0.2, 0.25) is 0 Å². The lowest BCUT2D eigenvalue weighted by molar-refractivity contribution is 0.0951. The third-order valence-electron chi connectivity index (χ3n) is 4.10. The number of likely N-dealkylation sites (N-methyl/N-ethyl adjacent to an activating group) is 1. The van der Waals surface area contributed by atoms with Gasteiger partial charge in [0, 0.05) is 37.5 Å². The summed E-state index contributed by atoms with van der Waals surface area (Å²) in [4.78, 5) is 18.9. The fourth-order valence-corrected chi connectivity index (χ4v) is 3.27. The van der Waals surface area contributed by atoms with E-state index in [1.54, 1.807) is 6.07 Å². The third kappa shape index (κ3) is 13.0. The lowest BCUT2D eigenvalue weighted by atomic mass is 10.1. The maximum atomic E-state index is 12.3. The van der Waals surface area contributed by atoms with Crippen molar-refractivity contribution in [1.82, 2.24) is 20.9 Å². The number of hydrogen-bond donors (Lipinski definition) is 3. The molecule has 1 atom stereocenters. The van der Waals surface area contributed by atoms with Gasteiger partial charge in [0.15, 0.2) is 5.96 Å². The van der Waals surface area contributed by atoms with Crippen molar-refractivity contribution >= 4 is 45.7 Å². The number of guanidine groups is 1. The molecule has 1 aromatic rings. The molecule has 3 N–H and O–H groups in total. The van der Waals surface area contributed by atoms with Crippen LogP contribution in [0.25, 0.3) is 0 Å². The lowest BCUT2D eigenvalue weighted by Crippen LogP contribution is -2.42. The molecule has 0 aliphatic carbocycles. The van der Waals surface area contributed by atoms with Gasteiger partial charge in [0.05, 0.1) is 12.3 Å². The van der Waals surface area contributed by atoms with E-state index in [2.05, 4.69) is 20.9 Å². The maximum Gasteiger partial charge on any atom is 0.251 e. The van der Waals surface area contributed by atoms with Crippen LogP contribution in [0.2, 0.25) is 0 Å². The summed E-state index contributed by atoms with van der Waals surface area (Å²) in [6.45, 7) is 6.37. The number of sulfone groups is 1. The number of nitrogens with zero attached hydrogens (tertiary/aromatic N) is 2. The van der Waals surface area contributed by atoms with Crippen LogP contribution in [-0.4, -0.2) is 77.0 Å². The van der Waals surface area contributed by atoms with Crippen LogP contribution >= 0.6 is 24.0 Å². The zero-order chi connectivity index (χ0) is 21.9. The second-order valence-corrected chi connectivity index (χ2v) is 9.68. The number of hydrogen-bond acceptors (Lipinski definition) is 5. The molecule has 1 aromatic carbocycles. The number of rotatable bonds is 11. The van der Waals surface area contributed by atoms with E-state index >= 15 is 0 Å². The van der Waals surface area contributed by atoms with Crippen molar-refractivity contribution in [3.63, 3.8) is 0 Å². The zero-order valence-corrected chi connectivity index (χ0v) is 21.7. The zero-order valence-electron chi connectivity index (χ0n) is 18.6. The number of amides is 1. The van der Waals surface area contributed by atoms with Crippen molar-refractivity contribution in [3.8, 4) is 0 Å². The predicted molar refractivity (Wildman–Crippen MR) is 134 cm³/mol. The number of carbonyl (C=O) groups excluding carboxylic acids is 1. The van der Waals surface area contributed by atoms with E-state index in [9.17, 15) is 13.2 Å². The summed E-state index contributed by atoms with van der Waals surface area (Å²) in [6.07, 6.45) is 1.74. The van der Waals surface area contributed by atoms with E-state index in [0.717, 1.165) is 12.1 Å². The van der Waals surface area contributed by atoms with E-state index in [4.69, 9.17) is 0 Å². The third-order valence-corrected chi connectivity index (χ3v) is 5.08. The number of benzene rings is 1. The molecule has 1 unspecified atom stereocenters. The first kappa shape index (κ1) is 28.6. The van der Waals surface area contributed by atoms with Gasteiger partial charge in [-0.15, -0.1) is 24.0 Å². The minimum Gasteiger partial charge on any atom is -0.357 e. The normalized spacial score (nSPS) is 12.8. The topological polar surface area (TPSA) is 103 Å². The first-order valence-electron chi connectivity index (χ1n) is 9.85. The highest BCUT2D eigenvalue weighted by Gasteiger charge is 2.10. The summed E-state index contributed by atoms with van der Waals surface area (Å²) >= 11 is 0. The van der Waals surface area contributed by atoms with E-state index < -0.39 is 9.84 Å². The molecule has 0 aromatic heterocycles. The van der Waals surface area contributed by atoms with Crippen LogP contribution in [-0.2, 0) is 16.4 Å². The van der Waals surface area contributed by atoms with E-state index in [1.807, 2.05) is 51.0 Å². The Bertz CT molecular complexity index is 784. The first-order chi connectivity index (χ1) is 13.6. The average molecular weight is 554 g/mol. The van der Waals surface area contributed by atoms with Crippen molar-refractivity contribution in [2.75, 3.05) is 45.7 Å². The molecule has 0 bridgehead atoms. The van der Waals surface area contributed by atoms with Crippen molar-refractivity contribution < 1.29 is 13.2 Å². The molecular weight excluding hydrogens is 517 g/mol. The van der Waals surface area contributed by atoms with Gasteiger partial charge in [-0.25, -0.2) is 13.4 Å². The number of aliphatic imine (C=N–C) groups is 1. The number of nitrogens with one attached hydrogen (secondary N) is 3. The van der Waals surface area contributed by atoms with E-state index in [-0.39, 0.29) is 41.7 Å². The van der Waals surface area contributed by atoms with Crippen LogP contribution in [0, 0.1) is 0 Å². The molecule has 0 aliphatic heterocycles. The van der Waals surface area contributed by atoms with Crippen LogP contribution in [0.5, 0.6) is 0 Å². The van der Waals surface area contributed by atoms with Crippen LogP contribution in [0.3, 0.4) is 0 Å². The van der Waals surface area contributed by atoms with Gasteiger partial charge in [-0.3, -0.25) is 4.79 Å². The van der Waals surface area contributed by atoms with Crippen molar-refractivity contribution in [2.24, 2.45) is 4.99 Å². The second-order valence-electron chi connectivity index (χ2n) is 7.42. The number of halogens is 1. The summed E-state index contributed by atoms with van der Waals surface area (Å²) in [5.74, 6) is 0.650. The Balaban J connectivity index is 0.00000841. The first-order valence-corrected chi connectivity index (χ1v) is 11.9. The Morgan fingerprint density at radius 1 is 1.23 bits per heavy atom. The summed E-state index contributed by atoms with van der Waals surface area (Å²) in [5.41, 5.74) is 1.53. The molecule has 1 amide bonds. The Morgan fingerprint density at radius 2 is 1.93 bits per heavy atom. The van der Waals surface area contributed by atoms with Gasteiger partial charge in [0.1, 0.15) is 9.84 Å². The quantitative estimate of drug-likeness (QED) is 0.218. The lowest BCUT2D eigenvalue weighted by Gasteiger charge is -2.17. The minimum absolute atomic E-state index is 0. The fourth-order valence-electron chi connectivity index (χ4n) is 2.49. The highest BCUT2D eigenvalue weighted by Crippen LogP contribution is 2.07. The number of carbonyl (C=O) groups is 1. The molecule has 10 heteroatoms. The standard InChI is InChI=1S/C20H35N5O3S.HI/c1-6-21-20(24-16(2)10-13-29(5,27)28)23-15-17-8-7-9-18(14-17)19(26)22-11-12-25(3)4;/h7-9,14,16H,6,10-13,15H2,1-5H3,(H,22,26)(H2,21,23,24);1H. The average Bonchev–Trinajstić information content (AvgIpc) is 2.64. The summed E-state index contributed by atoms with van der Waals surface area (Å²) in [5, 5.41) is 9.29. The largest absolute Gasteiger partial charge is 0.357 e. The fraction of sp³-hybridized carbons (Fsp3) is 0.600. The van der Waals surface area contributed by atoms with Crippen molar-refractivity contribution in [1.29, 1.82) is 0 Å². The van der Waals surface area contributed by atoms with Crippen LogP contribution < -0.4 is 16.0 Å². The molecule has 0 radical (unpaired) electrons. The smallest absolute Gasteiger partial charge is 0.251 e. The van der Waals surface area contributed by atoms with Gasteiger partial charge >= 0.3 is 0 Å². The van der Waals surface area contributed by atoms with Crippen molar-refractivity contribution in [2.45, 2.75) is 32.9 Å². The molecule has 8 nitrogen and oxygen atoms in total. The molecule has 0 saturated heterocycles. The Labute approximate surface area is 198 Å². The maximum absolute atomic E-state index is 12.3. The highest BCUT2D eigenvalue weighted by atomic mass is 127. The Hall–Kier alpha value is -1.40. The van der Waals surface area contributed by atoms with E-state index in [1.165, 1.54) is 6.26 Å². The molecule has 0 saturated carbocycles. The summed E-state index contributed by atoms with van der Waals surface area (Å²) in [6, 6.07) is 7.37. The summed E-state index contributed by atoms with van der Waals surface area (Å²) < 4.78 is 22.7. The van der Waals surface area contributed by atoms with Gasteiger partial charge in [-0.05, 0) is 52.1 Å². The molecule has 0 fully saturated rings. The summed E-state index contributed by atoms with van der Waals surface area (Å²) in [7, 11) is 0.934. The van der Waals surface area contributed by atoms with Crippen LogP contribution in [0.15, 0.2) is 29.3 Å². The van der Waals surface area contributed by atoms with Gasteiger partial charge in [-0.1, -0.05) is 12.1 Å². The predicted octanol–water partition coefficient (Wildman–Crippen LogP) is 1.47. The molecule has 0 aliphatic rings. The minimum atomic E-state index is -2.99. The molecule has 172 valence electrons. The van der Waals surface area contributed by atoms with Gasteiger partial charge in [0.25, 0.3) is 5.91 Å². The van der Waals surface area contributed by atoms with E-state index in [0.29, 0.717) is 37.6 Å². The Morgan fingerprint density at radius 3 is 2.53 bits per heavy atom. The van der Waals surface area contributed by atoms with Crippen molar-refractivity contribution in [3.05, 3.63) is 35.4 Å². The van der Waals surface area contributed by atoms with Crippen LogP contribution in [0.4, 0.5) is 0 Å². The van der Waals surface area contributed by atoms with Crippen LogP contribution in [0.1, 0.15) is 36.2 Å². The Kier molecular flexibility index (Phi) is 13.9. The molecular formula is C20H36IN5O3S. The molecule has 0 spiro atoms. The molecule has 0 heterocycles. The SMILES string of the molecule is CCNC(=NCc1cccc(C(=O)NCCN(C)C)c1)NC(C)CCS(C)(=O)=O.I.